The van der Waals surface area contributed by atoms with Crippen LogP contribution in [0.3, 0.4) is 0 Å². The monoisotopic (exact) mass is 331 g/mol. The van der Waals surface area contributed by atoms with Crippen LogP contribution < -0.4 is 25.1 Å². The van der Waals surface area contributed by atoms with Gasteiger partial charge < -0.3 is 14.2 Å². The lowest BCUT2D eigenvalue weighted by molar-refractivity contribution is 0.0842. The van der Waals surface area contributed by atoms with E-state index in [0.29, 0.717) is 11.5 Å². The van der Waals surface area contributed by atoms with Crippen molar-refractivity contribution in [2.75, 3.05) is 21.3 Å². The van der Waals surface area contributed by atoms with Crippen LogP contribution in [0.1, 0.15) is 20.8 Å². The Kier molecular flexibility index (Phi) is 5.56. The molecule has 0 aliphatic heterocycles. The Labute approximate surface area is 138 Å². The van der Waals surface area contributed by atoms with E-state index in [9.17, 15) is 9.59 Å². The van der Waals surface area contributed by atoms with Crippen LogP contribution in [-0.4, -0.2) is 38.1 Å². The summed E-state index contributed by atoms with van der Waals surface area (Å²) in [5.41, 5.74) is 4.95. The second-order valence-electron chi connectivity index (χ2n) is 4.53. The summed E-state index contributed by atoms with van der Waals surface area (Å²) < 4.78 is 15.5. The first-order valence-electron chi connectivity index (χ1n) is 6.92. The predicted molar refractivity (Wildman–Crippen MR) is 85.3 cm³/mol. The molecule has 24 heavy (non-hydrogen) atoms. The molecule has 1 aromatic carbocycles. The molecule has 2 amide bonds. The molecule has 1 heterocycles. The number of hydrogen-bond donors (Lipinski definition) is 2. The van der Waals surface area contributed by atoms with Crippen LogP contribution in [-0.2, 0) is 0 Å². The molecule has 2 aromatic rings. The van der Waals surface area contributed by atoms with Crippen LogP contribution in [0.25, 0.3) is 0 Å². The lowest BCUT2D eigenvalue weighted by atomic mass is 10.1. The number of carbonyl (C=O) groups is 2. The highest BCUT2D eigenvalue weighted by Crippen LogP contribution is 2.34. The fourth-order valence-electron chi connectivity index (χ4n) is 1.95. The first-order chi connectivity index (χ1) is 11.6. The molecule has 8 heteroatoms. The van der Waals surface area contributed by atoms with Crippen molar-refractivity contribution in [1.82, 2.24) is 15.8 Å². The molecule has 0 bridgehead atoms. The van der Waals surface area contributed by atoms with Crippen molar-refractivity contribution in [3.8, 4) is 17.2 Å². The predicted octanol–water partition coefficient (Wildman–Crippen LogP) is 1.18. The molecule has 0 unspecified atom stereocenters. The SMILES string of the molecule is COc1cc(OC)c(C(=O)NNC(=O)c2ccccn2)cc1OC. The van der Waals surface area contributed by atoms with Gasteiger partial charge >= 0.3 is 0 Å². The maximum absolute atomic E-state index is 12.3. The minimum atomic E-state index is -0.572. The van der Waals surface area contributed by atoms with E-state index in [4.69, 9.17) is 14.2 Å². The summed E-state index contributed by atoms with van der Waals surface area (Å²) in [6.45, 7) is 0. The standard InChI is InChI=1S/C16H17N3O5/c1-22-12-9-14(24-3)13(23-2)8-10(12)15(20)18-19-16(21)11-6-4-5-7-17-11/h4-9H,1-3H3,(H,18,20)(H,19,21). The van der Waals surface area contributed by atoms with Gasteiger partial charge in [-0.2, -0.15) is 0 Å². The molecule has 8 nitrogen and oxygen atoms in total. The average Bonchev–Trinajstić information content (AvgIpc) is 2.65. The number of ether oxygens (including phenoxy) is 3. The van der Waals surface area contributed by atoms with Crippen LogP contribution in [0.4, 0.5) is 0 Å². The molecular weight excluding hydrogens is 314 g/mol. The highest BCUT2D eigenvalue weighted by Gasteiger charge is 2.18. The highest BCUT2D eigenvalue weighted by atomic mass is 16.5. The third kappa shape index (κ3) is 3.72. The van der Waals surface area contributed by atoms with E-state index in [2.05, 4.69) is 15.8 Å². The first-order valence-corrected chi connectivity index (χ1v) is 6.92. The Morgan fingerprint density at radius 1 is 0.875 bits per heavy atom. The maximum atomic E-state index is 12.3. The molecule has 0 spiro atoms. The number of pyridine rings is 1. The molecular formula is C16H17N3O5. The summed E-state index contributed by atoms with van der Waals surface area (Å²) in [4.78, 5) is 28.1. The highest BCUT2D eigenvalue weighted by molar-refractivity contribution is 6.00. The molecule has 126 valence electrons. The summed E-state index contributed by atoms with van der Waals surface area (Å²) in [7, 11) is 4.35. The maximum Gasteiger partial charge on any atom is 0.288 e. The zero-order valence-electron chi connectivity index (χ0n) is 13.5. The number of methoxy groups -OCH3 is 3. The van der Waals surface area contributed by atoms with E-state index in [-0.39, 0.29) is 17.0 Å². The van der Waals surface area contributed by atoms with Gasteiger partial charge in [0.2, 0.25) is 0 Å². The van der Waals surface area contributed by atoms with Gasteiger partial charge in [0.05, 0.1) is 26.9 Å². The van der Waals surface area contributed by atoms with Gasteiger partial charge in [-0.05, 0) is 12.1 Å². The molecule has 0 saturated carbocycles. The van der Waals surface area contributed by atoms with Crippen LogP contribution in [0.2, 0.25) is 0 Å². The third-order valence-electron chi connectivity index (χ3n) is 3.14. The molecule has 2 rings (SSSR count). The summed E-state index contributed by atoms with van der Waals surface area (Å²) in [5, 5.41) is 0. The van der Waals surface area contributed by atoms with E-state index < -0.39 is 11.8 Å². The number of benzene rings is 1. The third-order valence-corrected chi connectivity index (χ3v) is 3.14. The fourth-order valence-corrected chi connectivity index (χ4v) is 1.95. The van der Waals surface area contributed by atoms with Gasteiger partial charge in [-0.1, -0.05) is 6.07 Å². The van der Waals surface area contributed by atoms with E-state index in [0.717, 1.165) is 0 Å². The van der Waals surface area contributed by atoms with Gasteiger partial charge in [-0.3, -0.25) is 25.4 Å². The molecule has 2 N–H and O–H groups in total. The summed E-state index contributed by atoms with van der Waals surface area (Å²) in [6.07, 6.45) is 1.48. The Morgan fingerprint density at radius 3 is 2.08 bits per heavy atom. The average molecular weight is 331 g/mol. The number of aromatic nitrogens is 1. The Bertz CT molecular complexity index is 734. The first kappa shape index (κ1) is 17.1. The van der Waals surface area contributed by atoms with Gasteiger partial charge in [-0.15, -0.1) is 0 Å². The van der Waals surface area contributed by atoms with Gasteiger partial charge in [0, 0.05) is 18.3 Å². The van der Waals surface area contributed by atoms with E-state index in [1.165, 1.54) is 45.7 Å². The van der Waals surface area contributed by atoms with Crippen LogP contribution in [0, 0.1) is 0 Å². The number of rotatable bonds is 5. The van der Waals surface area contributed by atoms with Crippen molar-refractivity contribution in [2.45, 2.75) is 0 Å². The molecule has 0 radical (unpaired) electrons. The quantitative estimate of drug-likeness (QED) is 0.798. The number of amides is 2. The van der Waals surface area contributed by atoms with Crippen molar-refractivity contribution in [1.29, 1.82) is 0 Å². The molecule has 0 fully saturated rings. The lowest BCUT2D eigenvalue weighted by Crippen LogP contribution is -2.42. The second-order valence-corrected chi connectivity index (χ2v) is 4.53. The van der Waals surface area contributed by atoms with Crippen molar-refractivity contribution in [3.63, 3.8) is 0 Å². The summed E-state index contributed by atoms with van der Waals surface area (Å²) >= 11 is 0. The summed E-state index contributed by atoms with van der Waals surface area (Å²) in [6, 6.07) is 7.86. The van der Waals surface area contributed by atoms with Gasteiger partial charge in [0.15, 0.2) is 11.5 Å². The Balaban J connectivity index is 2.16. The van der Waals surface area contributed by atoms with Crippen molar-refractivity contribution >= 4 is 11.8 Å². The van der Waals surface area contributed by atoms with Crippen LogP contribution >= 0.6 is 0 Å². The molecule has 0 atom stereocenters. The molecule has 1 aromatic heterocycles. The number of carbonyl (C=O) groups excluding carboxylic acids is 2. The van der Waals surface area contributed by atoms with Gasteiger partial charge in [0.1, 0.15) is 11.4 Å². The summed E-state index contributed by atoms with van der Waals surface area (Å²) in [5.74, 6) is -0.0550. The zero-order chi connectivity index (χ0) is 17.5. The lowest BCUT2D eigenvalue weighted by Gasteiger charge is -2.14. The Morgan fingerprint density at radius 2 is 1.50 bits per heavy atom. The van der Waals surface area contributed by atoms with Crippen molar-refractivity contribution in [3.05, 3.63) is 47.8 Å². The largest absolute Gasteiger partial charge is 0.496 e. The van der Waals surface area contributed by atoms with Crippen LogP contribution in [0.15, 0.2) is 36.5 Å². The van der Waals surface area contributed by atoms with E-state index in [1.807, 2.05) is 0 Å². The van der Waals surface area contributed by atoms with Gasteiger partial charge in [-0.25, -0.2) is 0 Å². The second kappa shape index (κ2) is 7.82. The fraction of sp³-hybridized carbons (Fsp3) is 0.188. The minimum absolute atomic E-state index is 0.177. The number of hydrazine groups is 1. The van der Waals surface area contributed by atoms with Crippen LogP contribution in [0.5, 0.6) is 17.2 Å². The molecule has 0 aliphatic rings. The smallest absolute Gasteiger partial charge is 0.288 e. The zero-order valence-corrected chi connectivity index (χ0v) is 13.5. The normalized spacial score (nSPS) is 9.79. The topological polar surface area (TPSA) is 98.8 Å². The van der Waals surface area contributed by atoms with Crippen molar-refractivity contribution < 1.29 is 23.8 Å². The number of nitrogens with zero attached hydrogens (tertiary/aromatic N) is 1. The van der Waals surface area contributed by atoms with E-state index >= 15 is 0 Å². The Hall–Kier alpha value is -3.29. The number of nitrogens with one attached hydrogen (secondary N) is 2. The molecule has 0 aliphatic carbocycles. The molecule has 0 saturated heterocycles. The van der Waals surface area contributed by atoms with Gasteiger partial charge in [0.25, 0.3) is 11.8 Å². The number of hydrogen-bond acceptors (Lipinski definition) is 6. The minimum Gasteiger partial charge on any atom is -0.496 e. The van der Waals surface area contributed by atoms with Crippen molar-refractivity contribution in [2.24, 2.45) is 0 Å². The van der Waals surface area contributed by atoms with E-state index in [1.54, 1.807) is 12.1 Å².